The van der Waals surface area contributed by atoms with E-state index in [1.54, 1.807) is 0 Å². The van der Waals surface area contributed by atoms with Crippen molar-refractivity contribution in [3.8, 4) is 0 Å². The molecule has 0 bridgehead atoms. The fourth-order valence-electron chi connectivity index (χ4n) is 0.233. The molecule has 0 unspecified atom stereocenters. The van der Waals surface area contributed by atoms with Crippen LogP contribution in [0.2, 0.25) is 0 Å². The molecular formula is C2Cl2N2OS. The van der Waals surface area contributed by atoms with Gasteiger partial charge >= 0.3 is 0 Å². The van der Waals surface area contributed by atoms with Gasteiger partial charge in [-0.3, -0.25) is 0 Å². The first-order valence-corrected chi connectivity index (χ1v) is 3.43. The molecule has 0 aromatic heterocycles. The monoisotopic (exact) mass is 170 g/mol. The third-order valence-corrected chi connectivity index (χ3v) is 1.99. The predicted octanol–water partition coefficient (Wildman–Crippen LogP) is 0.853. The SMILES string of the molecule is O=S1N=C(Cl)C(Cl)=N1. The summed E-state index contributed by atoms with van der Waals surface area (Å²) >= 11 is 8.93. The highest BCUT2D eigenvalue weighted by Gasteiger charge is 2.12. The average Bonchev–Trinajstić information content (AvgIpc) is 1.85. The number of hydrogen-bond donors (Lipinski definition) is 0. The van der Waals surface area contributed by atoms with Gasteiger partial charge in [-0.25, -0.2) is 4.21 Å². The molecule has 0 radical (unpaired) electrons. The number of halogens is 2. The maximum absolute atomic E-state index is 10.2. The van der Waals surface area contributed by atoms with E-state index in [0.29, 0.717) is 0 Å². The zero-order valence-corrected chi connectivity index (χ0v) is 5.80. The van der Waals surface area contributed by atoms with Crippen LogP contribution in [-0.4, -0.2) is 14.6 Å². The third-order valence-electron chi connectivity index (χ3n) is 0.487. The summed E-state index contributed by atoms with van der Waals surface area (Å²) in [6.07, 6.45) is 0. The quantitative estimate of drug-likeness (QED) is 0.532. The highest BCUT2D eigenvalue weighted by Crippen LogP contribution is 2.07. The van der Waals surface area contributed by atoms with Crippen molar-refractivity contribution in [3.05, 3.63) is 0 Å². The van der Waals surface area contributed by atoms with Gasteiger partial charge in [-0.15, -0.1) is 0 Å². The molecule has 0 fully saturated rings. The number of rotatable bonds is 0. The molecule has 1 aliphatic heterocycles. The van der Waals surface area contributed by atoms with Gasteiger partial charge in [-0.1, -0.05) is 23.2 Å². The lowest BCUT2D eigenvalue weighted by atomic mass is 10.8. The van der Waals surface area contributed by atoms with Gasteiger partial charge in [-0.05, 0) is 0 Å². The predicted molar refractivity (Wildman–Crippen MR) is 34.7 cm³/mol. The Kier molecular flexibility index (Phi) is 1.65. The fourth-order valence-corrected chi connectivity index (χ4v) is 1.26. The van der Waals surface area contributed by atoms with Gasteiger partial charge < -0.3 is 0 Å². The molecule has 0 atom stereocenters. The van der Waals surface area contributed by atoms with Gasteiger partial charge in [0.05, 0.1) is 0 Å². The van der Waals surface area contributed by atoms with E-state index in [-0.39, 0.29) is 10.3 Å². The first-order valence-electron chi connectivity index (χ1n) is 1.61. The van der Waals surface area contributed by atoms with Crippen LogP contribution < -0.4 is 0 Å². The van der Waals surface area contributed by atoms with Crippen molar-refractivity contribution in [1.82, 2.24) is 0 Å². The van der Waals surface area contributed by atoms with Crippen molar-refractivity contribution in [1.29, 1.82) is 0 Å². The van der Waals surface area contributed by atoms with E-state index in [1.165, 1.54) is 0 Å². The molecule has 0 aromatic carbocycles. The lowest BCUT2D eigenvalue weighted by molar-refractivity contribution is 0.686. The van der Waals surface area contributed by atoms with Crippen LogP contribution in [0, 0.1) is 0 Å². The normalized spacial score (nSPS) is 20.8. The second-order valence-electron chi connectivity index (χ2n) is 0.995. The molecule has 6 heteroatoms. The second kappa shape index (κ2) is 2.13. The van der Waals surface area contributed by atoms with Crippen LogP contribution in [0.25, 0.3) is 0 Å². The van der Waals surface area contributed by atoms with E-state index in [4.69, 9.17) is 23.2 Å². The standard InChI is InChI=1S/C2Cl2N2OS/c3-1-2(4)6-8(7)5-1. The Morgan fingerprint density at radius 2 is 1.62 bits per heavy atom. The smallest absolute Gasteiger partial charge is 0.209 e. The van der Waals surface area contributed by atoms with Crippen LogP contribution >= 0.6 is 23.2 Å². The van der Waals surface area contributed by atoms with Crippen molar-refractivity contribution < 1.29 is 4.21 Å². The maximum atomic E-state index is 10.2. The average molecular weight is 171 g/mol. The van der Waals surface area contributed by atoms with E-state index in [0.717, 1.165) is 0 Å². The molecule has 0 aromatic rings. The fraction of sp³-hybridized carbons (Fsp3) is 0. The van der Waals surface area contributed by atoms with Gasteiger partial charge in [0.15, 0.2) is 10.3 Å². The molecular weight excluding hydrogens is 171 g/mol. The van der Waals surface area contributed by atoms with Crippen LogP contribution in [0.3, 0.4) is 0 Å². The summed E-state index contributed by atoms with van der Waals surface area (Å²) in [5, 5.41) is 0.0370. The highest BCUT2D eigenvalue weighted by molar-refractivity contribution is 7.83. The van der Waals surface area contributed by atoms with Crippen LogP contribution in [0.4, 0.5) is 0 Å². The lowest BCUT2D eigenvalue weighted by Crippen LogP contribution is -1.90. The van der Waals surface area contributed by atoms with Crippen LogP contribution in [0.5, 0.6) is 0 Å². The van der Waals surface area contributed by atoms with E-state index < -0.39 is 11.2 Å². The molecule has 44 valence electrons. The first kappa shape index (κ1) is 6.19. The summed E-state index contributed by atoms with van der Waals surface area (Å²) in [6.45, 7) is 0. The molecule has 8 heavy (non-hydrogen) atoms. The Morgan fingerprint density at radius 1 is 1.25 bits per heavy atom. The van der Waals surface area contributed by atoms with E-state index in [1.807, 2.05) is 0 Å². The van der Waals surface area contributed by atoms with Gasteiger partial charge in [0.2, 0.25) is 0 Å². The molecule has 0 amide bonds. The molecule has 1 rings (SSSR count). The molecule has 0 N–H and O–H groups in total. The number of hydrogen-bond acceptors (Lipinski definition) is 1. The van der Waals surface area contributed by atoms with Crippen molar-refractivity contribution in [2.24, 2.45) is 8.80 Å². The van der Waals surface area contributed by atoms with Crippen LogP contribution in [0.15, 0.2) is 8.80 Å². The topological polar surface area (TPSA) is 41.8 Å². The van der Waals surface area contributed by atoms with Gasteiger partial charge in [0.1, 0.15) is 0 Å². The summed E-state index contributed by atoms with van der Waals surface area (Å²) in [5.41, 5.74) is 0. The van der Waals surface area contributed by atoms with Crippen molar-refractivity contribution in [2.75, 3.05) is 0 Å². The lowest BCUT2D eigenvalue weighted by Gasteiger charge is -1.73. The zero-order chi connectivity index (χ0) is 6.15. The summed E-state index contributed by atoms with van der Waals surface area (Å²) in [6, 6.07) is 0. The highest BCUT2D eigenvalue weighted by atomic mass is 35.5. The van der Waals surface area contributed by atoms with Crippen molar-refractivity contribution in [2.45, 2.75) is 0 Å². The van der Waals surface area contributed by atoms with Crippen molar-refractivity contribution >= 4 is 44.7 Å². The van der Waals surface area contributed by atoms with Gasteiger partial charge in [-0.2, -0.15) is 8.80 Å². The summed E-state index contributed by atoms with van der Waals surface area (Å²) in [4.78, 5) is 0. The zero-order valence-electron chi connectivity index (χ0n) is 3.47. The van der Waals surface area contributed by atoms with Crippen LogP contribution in [0.1, 0.15) is 0 Å². The minimum Gasteiger partial charge on any atom is -0.209 e. The minimum absolute atomic E-state index is 0.0185. The Bertz CT molecular complexity index is 178. The van der Waals surface area contributed by atoms with E-state index >= 15 is 0 Å². The second-order valence-corrected chi connectivity index (χ2v) is 2.54. The Labute approximate surface area is 58.1 Å². The van der Waals surface area contributed by atoms with Crippen molar-refractivity contribution in [3.63, 3.8) is 0 Å². The minimum atomic E-state index is -1.57. The van der Waals surface area contributed by atoms with Gasteiger partial charge in [0.25, 0.3) is 11.2 Å². The largest absolute Gasteiger partial charge is 0.268 e. The summed E-state index contributed by atoms with van der Waals surface area (Å²) in [5.74, 6) is 0. The molecule has 1 aliphatic rings. The number of nitrogens with zero attached hydrogens (tertiary/aromatic N) is 2. The molecule has 1 heterocycles. The summed E-state index contributed by atoms with van der Waals surface area (Å²) < 4.78 is 16.8. The first-order chi connectivity index (χ1) is 3.70. The van der Waals surface area contributed by atoms with E-state index in [9.17, 15) is 4.21 Å². The Balaban J connectivity index is 2.98. The summed E-state index contributed by atoms with van der Waals surface area (Å²) in [7, 11) is 0. The van der Waals surface area contributed by atoms with Crippen LogP contribution in [-0.2, 0) is 11.2 Å². The Morgan fingerprint density at radius 3 is 1.75 bits per heavy atom. The Hall–Kier alpha value is 0.0700. The molecule has 0 aliphatic carbocycles. The molecule has 3 nitrogen and oxygen atoms in total. The van der Waals surface area contributed by atoms with E-state index in [2.05, 4.69) is 8.80 Å². The molecule has 0 saturated heterocycles. The third kappa shape index (κ3) is 1.07. The maximum Gasteiger partial charge on any atom is 0.268 e. The van der Waals surface area contributed by atoms with Gasteiger partial charge in [0, 0.05) is 0 Å². The molecule has 0 spiro atoms. The molecule has 0 saturated carbocycles.